The monoisotopic (exact) mass is 372 g/mol. The maximum Gasteiger partial charge on any atom is 0.337 e. The van der Waals surface area contributed by atoms with E-state index in [-0.39, 0.29) is 23.8 Å². The van der Waals surface area contributed by atoms with Crippen LogP contribution in [-0.4, -0.2) is 24.1 Å². The fourth-order valence-electron chi connectivity index (χ4n) is 2.36. The van der Waals surface area contributed by atoms with Crippen molar-refractivity contribution in [2.75, 3.05) is 7.11 Å². The van der Waals surface area contributed by atoms with Gasteiger partial charge < -0.3 is 14.6 Å². The van der Waals surface area contributed by atoms with Crippen LogP contribution in [0.15, 0.2) is 53.1 Å². The summed E-state index contributed by atoms with van der Waals surface area (Å²) < 4.78 is 36.4. The molecule has 2 aromatic carbocycles. The fourth-order valence-corrected chi connectivity index (χ4v) is 2.36. The summed E-state index contributed by atoms with van der Waals surface area (Å²) in [6.45, 7) is 0.0455. The van der Waals surface area contributed by atoms with Gasteiger partial charge in [-0.1, -0.05) is 5.16 Å². The van der Waals surface area contributed by atoms with E-state index in [1.165, 1.54) is 43.5 Å². The molecule has 27 heavy (non-hydrogen) atoms. The van der Waals surface area contributed by atoms with Crippen LogP contribution in [0.4, 0.5) is 8.78 Å². The zero-order chi connectivity index (χ0) is 19.4. The molecule has 8 heteroatoms. The number of carbonyl (C=O) groups excluding carboxylic acids is 2. The predicted octanol–water partition coefficient (Wildman–Crippen LogP) is 3.34. The van der Waals surface area contributed by atoms with Gasteiger partial charge in [-0.05, 0) is 36.4 Å². The van der Waals surface area contributed by atoms with Gasteiger partial charge in [0.25, 0.3) is 5.91 Å². The highest BCUT2D eigenvalue weighted by Crippen LogP contribution is 2.24. The van der Waals surface area contributed by atoms with Crippen LogP contribution in [0.3, 0.4) is 0 Å². The third kappa shape index (κ3) is 4.17. The molecule has 0 radical (unpaired) electrons. The summed E-state index contributed by atoms with van der Waals surface area (Å²) in [7, 11) is 1.27. The Morgan fingerprint density at radius 1 is 1.07 bits per heavy atom. The molecule has 0 aliphatic rings. The number of nitrogens with one attached hydrogen (secondary N) is 1. The molecule has 0 aliphatic heterocycles. The standard InChI is InChI=1S/C19H14F2N2O4/c1-26-19(25)12-4-2-11(3-5-12)18(24)22-10-14-9-17(27-23-14)15-7-6-13(20)8-16(15)21/h2-9H,10H2,1H3,(H,22,24). The summed E-state index contributed by atoms with van der Waals surface area (Å²) in [5, 5.41) is 6.39. The lowest BCUT2D eigenvalue weighted by molar-refractivity contribution is 0.0600. The number of aromatic nitrogens is 1. The molecule has 3 rings (SSSR count). The van der Waals surface area contributed by atoms with Crippen LogP contribution in [0.5, 0.6) is 0 Å². The van der Waals surface area contributed by atoms with Gasteiger partial charge in [-0.2, -0.15) is 0 Å². The largest absolute Gasteiger partial charge is 0.465 e. The molecule has 0 unspecified atom stereocenters. The van der Waals surface area contributed by atoms with Gasteiger partial charge in [0.1, 0.15) is 17.3 Å². The molecule has 0 atom stereocenters. The number of hydrogen-bond donors (Lipinski definition) is 1. The normalized spacial score (nSPS) is 10.5. The molecule has 1 amide bonds. The van der Waals surface area contributed by atoms with Crippen molar-refractivity contribution in [2.45, 2.75) is 6.54 Å². The third-order valence-corrected chi connectivity index (χ3v) is 3.75. The minimum Gasteiger partial charge on any atom is -0.465 e. The first kappa shape index (κ1) is 18.2. The van der Waals surface area contributed by atoms with E-state index in [1.807, 2.05) is 0 Å². The molecule has 0 fully saturated rings. The summed E-state index contributed by atoms with van der Waals surface area (Å²) in [4.78, 5) is 23.5. The number of benzene rings is 2. The second kappa shape index (κ2) is 7.77. The quantitative estimate of drug-likeness (QED) is 0.695. The molecule has 6 nitrogen and oxygen atoms in total. The SMILES string of the molecule is COC(=O)c1ccc(C(=O)NCc2cc(-c3ccc(F)cc3F)on2)cc1. The van der Waals surface area contributed by atoms with Crippen molar-refractivity contribution < 1.29 is 27.6 Å². The maximum atomic E-state index is 13.8. The number of hydrogen-bond acceptors (Lipinski definition) is 5. The molecule has 3 aromatic rings. The number of rotatable bonds is 5. The smallest absolute Gasteiger partial charge is 0.337 e. The van der Waals surface area contributed by atoms with Crippen LogP contribution in [0.2, 0.25) is 0 Å². The molecule has 138 valence electrons. The topological polar surface area (TPSA) is 81.4 Å². The van der Waals surface area contributed by atoms with Gasteiger partial charge in [0.2, 0.25) is 0 Å². The third-order valence-electron chi connectivity index (χ3n) is 3.75. The van der Waals surface area contributed by atoms with Crippen molar-refractivity contribution >= 4 is 11.9 Å². The van der Waals surface area contributed by atoms with Gasteiger partial charge in [-0.15, -0.1) is 0 Å². The van der Waals surface area contributed by atoms with Crippen LogP contribution in [0.1, 0.15) is 26.4 Å². The van der Waals surface area contributed by atoms with E-state index < -0.39 is 17.6 Å². The molecule has 1 heterocycles. The van der Waals surface area contributed by atoms with Crippen molar-refractivity contribution in [3.8, 4) is 11.3 Å². The molecule has 0 spiro atoms. The number of carbonyl (C=O) groups is 2. The molecule has 0 saturated heterocycles. The maximum absolute atomic E-state index is 13.8. The highest BCUT2D eigenvalue weighted by atomic mass is 19.1. The van der Waals surface area contributed by atoms with Gasteiger partial charge in [-0.25, -0.2) is 13.6 Å². The summed E-state index contributed by atoms with van der Waals surface area (Å²) in [6.07, 6.45) is 0. The van der Waals surface area contributed by atoms with E-state index in [0.717, 1.165) is 12.1 Å². The number of nitrogens with zero attached hydrogens (tertiary/aromatic N) is 1. The molecule has 0 bridgehead atoms. The van der Waals surface area contributed by atoms with Crippen LogP contribution in [0.25, 0.3) is 11.3 Å². The Bertz CT molecular complexity index is 984. The number of halogens is 2. The Morgan fingerprint density at radius 2 is 1.78 bits per heavy atom. The number of esters is 1. The lowest BCUT2D eigenvalue weighted by atomic mass is 10.1. The zero-order valence-electron chi connectivity index (χ0n) is 14.2. The van der Waals surface area contributed by atoms with Crippen molar-refractivity contribution in [1.29, 1.82) is 0 Å². The number of methoxy groups -OCH3 is 1. The molecular formula is C19H14F2N2O4. The van der Waals surface area contributed by atoms with Gasteiger partial charge in [-0.3, -0.25) is 4.79 Å². The Hall–Kier alpha value is -3.55. The zero-order valence-corrected chi connectivity index (χ0v) is 14.2. The van der Waals surface area contributed by atoms with Crippen LogP contribution >= 0.6 is 0 Å². The summed E-state index contributed by atoms with van der Waals surface area (Å²) in [5.41, 5.74) is 1.11. The van der Waals surface area contributed by atoms with Crippen LogP contribution in [-0.2, 0) is 11.3 Å². The van der Waals surface area contributed by atoms with Gasteiger partial charge in [0.15, 0.2) is 5.76 Å². The minimum atomic E-state index is -0.771. The Labute approximate surface area is 152 Å². The first-order valence-electron chi connectivity index (χ1n) is 7.85. The van der Waals surface area contributed by atoms with Gasteiger partial charge in [0.05, 0.1) is 24.8 Å². The highest BCUT2D eigenvalue weighted by molar-refractivity contribution is 5.96. The fraction of sp³-hybridized carbons (Fsp3) is 0.105. The lowest BCUT2D eigenvalue weighted by Crippen LogP contribution is -2.23. The van der Waals surface area contributed by atoms with Crippen molar-refractivity contribution in [1.82, 2.24) is 10.5 Å². The molecule has 1 aromatic heterocycles. The summed E-state index contributed by atoms with van der Waals surface area (Å²) in [6, 6.07) is 10.5. The second-order valence-corrected chi connectivity index (χ2v) is 5.56. The van der Waals surface area contributed by atoms with Crippen molar-refractivity contribution in [3.05, 3.63) is 77.0 Å². The average molecular weight is 372 g/mol. The van der Waals surface area contributed by atoms with E-state index in [0.29, 0.717) is 16.8 Å². The first-order valence-corrected chi connectivity index (χ1v) is 7.85. The molecule has 1 N–H and O–H groups in total. The van der Waals surface area contributed by atoms with Gasteiger partial charge in [0, 0.05) is 17.7 Å². The van der Waals surface area contributed by atoms with E-state index in [4.69, 9.17) is 4.52 Å². The van der Waals surface area contributed by atoms with Crippen LogP contribution in [0, 0.1) is 11.6 Å². The van der Waals surface area contributed by atoms with E-state index >= 15 is 0 Å². The first-order chi connectivity index (χ1) is 13.0. The highest BCUT2D eigenvalue weighted by Gasteiger charge is 2.14. The van der Waals surface area contributed by atoms with E-state index in [2.05, 4.69) is 15.2 Å². The van der Waals surface area contributed by atoms with Crippen molar-refractivity contribution in [2.24, 2.45) is 0 Å². The average Bonchev–Trinajstić information content (AvgIpc) is 3.14. The van der Waals surface area contributed by atoms with E-state index in [9.17, 15) is 18.4 Å². The molecule has 0 aliphatic carbocycles. The summed E-state index contributed by atoms with van der Waals surface area (Å²) in [5.74, 6) is -2.22. The van der Waals surface area contributed by atoms with Gasteiger partial charge >= 0.3 is 5.97 Å². The number of amides is 1. The minimum absolute atomic E-state index is 0.0455. The van der Waals surface area contributed by atoms with E-state index in [1.54, 1.807) is 0 Å². The Kier molecular flexibility index (Phi) is 5.25. The second-order valence-electron chi connectivity index (χ2n) is 5.56. The van der Waals surface area contributed by atoms with Crippen molar-refractivity contribution in [3.63, 3.8) is 0 Å². The van der Waals surface area contributed by atoms with Crippen LogP contribution < -0.4 is 5.32 Å². The Balaban J connectivity index is 1.64. The number of ether oxygens (including phenoxy) is 1. The summed E-state index contributed by atoms with van der Waals surface area (Å²) >= 11 is 0. The predicted molar refractivity (Wildman–Crippen MR) is 90.8 cm³/mol. The molecular weight excluding hydrogens is 358 g/mol. The Morgan fingerprint density at radius 3 is 2.44 bits per heavy atom. The lowest BCUT2D eigenvalue weighted by Gasteiger charge is -2.04. The molecule has 0 saturated carbocycles.